The Kier molecular flexibility index (Phi) is 4.73. The van der Waals surface area contributed by atoms with E-state index in [1.807, 2.05) is 30.3 Å². The third-order valence-electron chi connectivity index (χ3n) is 6.19. The fourth-order valence-electron chi connectivity index (χ4n) is 4.61. The summed E-state index contributed by atoms with van der Waals surface area (Å²) in [5, 5.41) is 0. The highest BCUT2D eigenvalue weighted by molar-refractivity contribution is 6.15. The minimum Gasteiger partial charge on any atom is -0.497 e. The van der Waals surface area contributed by atoms with Crippen molar-refractivity contribution in [1.29, 1.82) is 0 Å². The Bertz CT molecular complexity index is 985. The lowest BCUT2D eigenvalue weighted by Gasteiger charge is -2.46. The molecule has 0 N–H and O–H groups in total. The predicted molar refractivity (Wildman–Crippen MR) is 108 cm³/mol. The van der Waals surface area contributed by atoms with Gasteiger partial charge in [0.2, 0.25) is 5.91 Å². The number of benzene rings is 2. The highest BCUT2D eigenvalue weighted by Gasteiger charge is 2.55. The van der Waals surface area contributed by atoms with Gasteiger partial charge in [0.05, 0.1) is 21.3 Å². The lowest BCUT2D eigenvalue weighted by Crippen LogP contribution is -2.61. The van der Waals surface area contributed by atoms with E-state index in [1.54, 1.807) is 39.2 Å². The zero-order valence-corrected chi connectivity index (χ0v) is 17.2. The van der Waals surface area contributed by atoms with E-state index in [4.69, 9.17) is 14.2 Å². The highest BCUT2D eigenvalue weighted by atomic mass is 16.5. The Labute approximate surface area is 170 Å². The van der Waals surface area contributed by atoms with Gasteiger partial charge in [-0.25, -0.2) is 0 Å². The average molecular weight is 395 g/mol. The molecule has 2 atom stereocenters. The molecule has 0 radical (unpaired) electrons. The van der Waals surface area contributed by atoms with Crippen LogP contribution in [0.1, 0.15) is 23.6 Å². The number of likely N-dealkylation sites (tertiary alicyclic amines) is 1. The second kappa shape index (κ2) is 7.10. The van der Waals surface area contributed by atoms with Gasteiger partial charge in [0.15, 0.2) is 5.78 Å². The number of rotatable bonds is 5. The summed E-state index contributed by atoms with van der Waals surface area (Å²) in [4.78, 5) is 28.4. The topological polar surface area (TPSA) is 65.1 Å². The van der Waals surface area contributed by atoms with Gasteiger partial charge in [-0.15, -0.1) is 0 Å². The monoisotopic (exact) mass is 395 g/mol. The molecule has 1 aliphatic carbocycles. The van der Waals surface area contributed by atoms with Crippen LogP contribution in [0.25, 0.3) is 0 Å². The summed E-state index contributed by atoms with van der Waals surface area (Å²) in [5.74, 6) is 1.72. The summed E-state index contributed by atoms with van der Waals surface area (Å²) in [6.07, 6.45) is 0.616. The molecule has 1 saturated heterocycles. The second-order valence-electron chi connectivity index (χ2n) is 7.78. The van der Waals surface area contributed by atoms with Crippen LogP contribution >= 0.6 is 0 Å². The van der Waals surface area contributed by atoms with Crippen LogP contribution in [0.5, 0.6) is 17.2 Å². The first-order valence-corrected chi connectivity index (χ1v) is 9.64. The first-order chi connectivity index (χ1) is 13.9. The van der Waals surface area contributed by atoms with Crippen molar-refractivity contribution in [3.05, 3.63) is 53.1 Å². The van der Waals surface area contributed by atoms with Gasteiger partial charge in [0, 0.05) is 30.6 Å². The summed E-state index contributed by atoms with van der Waals surface area (Å²) in [6.45, 7) is 2.54. The van der Waals surface area contributed by atoms with E-state index in [-0.39, 0.29) is 17.6 Å². The van der Waals surface area contributed by atoms with E-state index < -0.39 is 5.41 Å². The molecule has 2 aliphatic rings. The summed E-state index contributed by atoms with van der Waals surface area (Å²) in [5.41, 5.74) is 1.53. The van der Waals surface area contributed by atoms with Crippen molar-refractivity contribution < 1.29 is 23.8 Å². The maximum absolute atomic E-state index is 13.5. The van der Waals surface area contributed by atoms with Crippen LogP contribution in [0.2, 0.25) is 0 Å². The van der Waals surface area contributed by atoms with Gasteiger partial charge in [-0.2, -0.15) is 0 Å². The molecule has 2 aromatic carbocycles. The Morgan fingerprint density at radius 2 is 1.69 bits per heavy atom. The Morgan fingerprint density at radius 3 is 2.38 bits per heavy atom. The molecule has 0 saturated carbocycles. The van der Waals surface area contributed by atoms with Gasteiger partial charge in [0.1, 0.15) is 22.7 Å². The van der Waals surface area contributed by atoms with Crippen LogP contribution in [0.4, 0.5) is 0 Å². The minimum atomic E-state index is -1.16. The van der Waals surface area contributed by atoms with Gasteiger partial charge in [0.25, 0.3) is 0 Å². The molecule has 6 heteroatoms. The molecule has 152 valence electrons. The van der Waals surface area contributed by atoms with Crippen molar-refractivity contribution in [2.24, 2.45) is 5.92 Å². The molecule has 0 aromatic heterocycles. The van der Waals surface area contributed by atoms with Crippen molar-refractivity contribution in [2.75, 3.05) is 27.9 Å². The molecule has 1 aliphatic heterocycles. The second-order valence-corrected chi connectivity index (χ2v) is 7.78. The smallest absolute Gasteiger partial charge is 0.240 e. The fraction of sp³-hybridized carbons (Fsp3) is 0.391. The zero-order chi connectivity index (χ0) is 20.8. The molecule has 6 nitrogen and oxygen atoms in total. The first kappa shape index (κ1) is 19.3. The van der Waals surface area contributed by atoms with E-state index in [0.29, 0.717) is 31.0 Å². The molecule has 2 aromatic rings. The minimum absolute atomic E-state index is 0.0121. The molecule has 4 rings (SSSR count). The van der Waals surface area contributed by atoms with E-state index in [2.05, 4.69) is 0 Å². The molecule has 1 fully saturated rings. The molecule has 2 bridgehead atoms. The number of nitrogens with zero attached hydrogens (tertiary/aromatic N) is 1. The number of carbonyl (C=O) groups excluding carboxylic acids is 2. The molecular weight excluding hydrogens is 370 g/mol. The quantitative estimate of drug-likeness (QED) is 0.729. The number of hydrogen-bond acceptors (Lipinski definition) is 5. The van der Waals surface area contributed by atoms with Crippen LogP contribution < -0.4 is 14.2 Å². The molecular formula is C23H25NO5. The van der Waals surface area contributed by atoms with Crippen molar-refractivity contribution >= 4 is 11.7 Å². The van der Waals surface area contributed by atoms with Crippen LogP contribution in [-0.2, 0) is 28.0 Å². The van der Waals surface area contributed by atoms with Crippen LogP contribution in [0.15, 0.2) is 36.4 Å². The van der Waals surface area contributed by atoms with E-state index in [1.165, 1.54) is 0 Å². The number of methoxy groups -OCH3 is 3. The fourth-order valence-corrected chi connectivity index (χ4v) is 4.61. The standard InChI is InChI=1S/C23H25NO5/c1-23-19-8-7-17(27-2)10-15(19)9-16(21(23)25)13-24(22(23)26)12-14-5-6-18(28-3)11-20(14)29-4/h5-8,10-11,16H,9,12-13H2,1-4H3/t16-,23-/m0/s1. The molecule has 0 spiro atoms. The van der Waals surface area contributed by atoms with Crippen molar-refractivity contribution in [3.8, 4) is 17.2 Å². The normalized spacial score (nSPS) is 22.9. The van der Waals surface area contributed by atoms with Crippen LogP contribution in [-0.4, -0.2) is 44.5 Å². The molecule has 0 unspecified atom stereocenters. The Morgan fingerprint density at radius 1 is 1.00 bits per heavy atom. The van der Waals surface area contributed by atoms with Gasteiger partial charge in [-0.1, -0.05) is 6.07 Å². The lowest BCUT2D eigenvalue weighted by atomic mass is 9.63. The predicted octanol–water partition coefficient (Wildman–Crippen LogP) is 2.75. The number of amides is 1. The molecule has 1 heterocycles. The summed E-state index contributed by atoms with van der Waals surface area (Å²) >= 11 is 0. The van der Waals surface area contributed by atoms with E-state index in [0.717, 1.165) is 22.4 Å². The summed E-state index contributed by atoms with van der Waals surface area (Å²) in [6, 6.07) is 11.2. The number of ketones is 1. The highest BCUT2D eigenvalue weighted by Crippen LogP contribution is 2.44. The third kappa shape index (κ3) is 2.94. The number of ether oxygens (including phenoxy) is 3. The number of fused-ring (bicyclic) bond motifs is 4. The summed E-state index contributed by atoms with van der Waals surface area (Å²) < 4.78 is 16.1. The first-order valence-electron chi connectivity index (χ1n) is 9.64. The SMILES string of the molecule is COc1ccc2c(c1)C[C@H]1CN(Cc3ccc(OC)cc3OC)C(=O)[C@]2(C)C1=O. The Hall–Kier alpha value is -3.02. The van der Waals surface area contributed by atoms with E-state index in [9.17, 15) is 9.59 Å². The van der Waals surface area contributed by atoms with Gasteiger partial charge in [-0.05, 0) is 48.7 Å². The molecule has 1 amide bonds. The van der Waals surface area contributed by atoms with Crippen molar-refractivity contribution in [2.45, 2.75) is 25.3 Å². The number of hydrogen-bond donors (Lipinski definition) is 0. The zero-order valence-electron chi connectivity index (χ0n) is 17.2. The largest absolute Gasteiger partial charge is 0.497 e. The summed E-state index contributed by atoms with van der Waals surface area (Å²) in [7, 11) is 4.82. The van der Waals surface area contributed by atoms with Crippen molar-refractivity contribution in [3.63, 3.8) is 0 Å². The maximum Gasteiger partial charge on any atom is 0.240 e. The molecule has 29 heavy (non-hydrogen) atoms. The van der Waals surface area contributed by atoms with Crippen LogP contribution in [0.3, 0.4) is 0 Å². The lowest BCUT2D eigenvalue weighted by molar-refractivity contribution is -0.152. The maximum atomic E-state index is 13.5. The Balaban J connectivity index is 1.70. The number of piperidine rings is 1. The number of Topliss-reactive ketones (excluding diaryl/α,β-unsaturated/α-hetero) is 1. The average Bonchev–Trinajstić information content (AvgIpc) is 2.74. The van der Waals surface area contributed by atoms with E-state index >= 15 is 0 Å². The van der Waals surface area contributed by atoms with Crippen molar-refractivity contribution in [1.82, 2.24) is 4.90 Å². The van der Waals surface area contributed by atoms with Crippen LogP contribution in [0, 0.1) is 5.92 Å². The number of carbonyl (C=O) groups is 2. The van der Waals surface area contributed by atoms with Gasteiger partial charge >= 0.3 is 0 Å². The van der Waals surface area contributed by atoms with Gasteiger partial charge < -0.3 is 19.1 Å². The van der Waals surface area contributed by atoms with Gasteiger partial charge in [-0.3, -0.25) is 9.59 Å². The third-order valence-corrected chi connectivity index (χ3v) is 6.19.